The normalized spacial score (nSPS) is 18.3. The summed E-state index contributed by atoms with van der Waals surface area (Å²) in [7, 11) is 0. The Labute approximate surface area is 129 Å². The average molecular weight is 311 g/mol. The third kappa shape index (κ3) is 4.36. The van der Waals surface area contributed by atoms with Crippen LogP contribution >= 0.6 is 11.6 Å². The van der Waals surface area contributed by atoms with E-state index in [0.29, 0.717) is 23.7 Å². The molecule has 21 heavy (non-hydrogen) atoms. The Kier molecular flexibility index (Phi) is 4.42. The Balaban J connectivity index is 2.06. The van der Waals surface area contributed by atoms with Crippen molar-refractivity contribution in [3.05, 3.63) is 28.8 Å². The zero-order chi connectivity index (χ0) is 15.6. The smallest absolute Gasteiger partial charge is 0.412 e. The van der Waals surface area contributed by atoms with Crippen molar-refractivity contribution in [2.45, 2.75) is 38.7 Å². The van der Waals surface area contributed by atoms with Crippen molar-refractivity contribution in [1.82, 2.24) is 5.32 Å². The summed E-state index contributed by atoms with van der Waals surface area (Å²) in [6.45, 7) is 6.00. The minimum Gasteiger partial charge on any atom is -0.444 e. The molecule has 0 aliphatic carbocycles. The number of hydrogen-bond donors (Lipinski definition) is 2. The van der Waals surface area contributed by atoms with Gasteiger partial charge in [-0.3, -0.25) is 10.1 Å². The highest BCUT2D eigenvalue weighted by Gasteiger charge is 2.24. The molecule has 6 heteroatoms. The SMILES string of the molecule is CC(C)(C)OC(=O)Nc1ccc(C2CNC(=O)C2)cc1Cl. The molecule has 1 aromatic rings. The van der Waals surface area contributed by atoms with Crippen LogP contribution in [0.4, 0.5) is 10.5 Å². The zero-order valence-electron chi connectivity index (χ0n) is 12.3. The second-order valence-corrected chi connectivity index (χ2v) is 6.48. The minimum atomic E-state index is -0.563. The summed E-state index contributed by atoms with van der Waals surface area (Å²) in [5.41, 5.74) is 0.909. The monoisotopic (exact) mass is 310 g/mol. The quantitative estimate of drug-likeness (QED) is 0.880. The number of ether oxygens (including phenoxy) is 1. The van der Waals surface area contributed by atoms with E-state index in [4.69, 9.17) is 16.3 Å². The molecule has 1 saturated heterocycles. The van der Waals surface area contributed by atoms with Crippen LogP contribution in [-0.2, 0) is 9.53 Å². The van der Waals surface area contributed by atoms with E-state index >= 15 is 0 Å². The first-order valence-electron chi connectivity index (χ1n) is 6.81. The maximum absolute atomic E-state index is 11.7. The molecule has 0 saturated carbocycles. The van der Waals surface area contributed by atoms with E-state index in [9.17, 15) is 9.59 Å². The third-order valence-electron chi connectivity index (χ3n) is 3.08. The highest BCUT2D eigenvalue weighted by Crippen LogP contribution is 2.30. The van der Waals surface area contributed by atoms with Gasteiger partial charge in [0.2, 0.25) is 5.91 Å². The van der Waals surface area contributed by atoms with Gasteiger partial charge >= 0.3 is 6.09 Å². The summed E-state index contributed by atoms with van der Waals surface area (Å²) in [4.78, 5) is 23.0. The molecule has 5 nitrogen and oxygen atoms in total. The Morgan fingerprint density at radius 2 is 2.14 bits per heavy atom. The van der Waals surface area contributed by atoms with Crippen molar-refractivity contribution in [1.29, 1.82) is 0 Å². The van der Waals surface area contributed by atoms with Gasteiger partial charge in [0.05, 0.1) is 10.7 Å². The first-order valence-corrected chi connectivity index (χ1v) is 7.18. The van der Waals surface area contributed by atoms with Gasteiger partial charge in [0.1, 0.15) is 5.60 Å². The van der Waals surface area contributed by atoms with Crippen LogP contribution in [0.2, 0.25) is 5.02 Å². The van der Waals surface area contributed by atoms with Crippen LogP contribution in [0.5, 0.6) is 0 Å². The van der Waals surface area contributed by atoms with Crippen molar-refractivity contribution in [3.63, 3.8) is 0 Å². The molecule has 114 valence electrons. The number of nitrogens with one attached hydrogen (secondary N) is 2. The molecule has 0 bridgehead atoms. The summed E-state index contributed by atoms with van der Waals surface area (Å²) in [5.74, 6) is 0.178. The molecule has 1 aromatic carbocycles. The zero-order valence-corrected chi connectivity index (χ0v) is 13.1. The average Bonchev–Trinajstić information content (AvgIpc) is 2.76. The van der Waals surface area contributed by atoms with Gasteiger partial charge < -0.3 is 10.1 Å². The molecule has 1 aliphatic rings. The van der Waals surface area contributed by atoms with Crippen LogP contribution < -0.4 is 10.6 Å². The Morgan fingerprint density at radius 3 is 2.67 bits per heavy atom. The number of rotatable bonds is 2. The van der Waals surface area contributed by atoms with Gasteiger partial charge in [0, 0.05) is 18.9 Å². The lowest BCUT2D eigenvalue weighted by Gasteiger charge is -2.20. The summed E-state index contributed by atoms with van der Waals surface area (Å²) in [6.07, 6.45) is -0.0790. The molecule has 1 unspecified atom stereocenters. The fourth-order valence-corrected chi connectivity index (χ4v) is 2.38. The van der Waals surface area contributed by atoms with Gasteiger partial charge in [-0.15, -0.1) is 0 Å². The van der Waals surface area contributed by atoms with Crippen LogP contribution in [0, 0.1) is 0 Å². The summed E-state index contributed by atoms with van der Waals surface area (Å²) >= 11 is 6.18. The number of amides is 2. The Hall–Kier alpha value is -1.75. The van der Waals surface area contributed by atoms with Crippen molar-refractivity contribution < 1.29 is 14.3 Å². The van der Waals surface area contributed by atoms with Gasteiger partial charge in [0.25, 0.3) is 0 Å². The Morgan fingerprint density at radius 1 is 1.43 bits per heavy atom. The van der Waals surface area contributed by atoms with Crippen LogP contribution in [-0.4, -0.2) is 24.1 Å². The van der Waals surface area contributed by atoms with Crippen LogP contribution in [0.25, 0.3) is 0 Å². The highest BCUT2D eigenvalue weighted by molar-refractivity contribution is 6.33. The summed E-state index contributed by atoms with van der Waals surface area (Å²) < 4.78 is 5.18. The van der Waals surface area contributed by atoms with Crippen LogP contribution in [0.1, 0.15) is 38.7 Å². The van der Waals surface area contributed by atoms with Crippen LogP contribution in [0.3, 0.4) is 0 Å². The summed E-state index contributed by atoms with van der Waals surface area (Å²) in [5, 5.41) is 5.83. The number of carbonyl (C=O) groups is 2. The number of anilines is 1. The van der Waals surface area contributed by atoms with E-state index in [0.717, 1.165) is 5.56 Å². The summed E-state index contributed by atoms with van der Waals surface area (Å²) in [6, 6.07) is 5.37. The van der Waals surface area contributed by atoms with Gasteiger partial charge in [-0.1, -0.05) is 17.7 Å². The second-order valence-electron chi connectivity index (χ2n) is 6.07. The molecule has 1 fully saturated rings. The predicted octanol–water partition coefficient (Wildman–Crippen LogP) is 3.29. The largest absolute Gasteiger partial charge is 0.444 e. The Bertz CT molecular complexity index is 567. The predicted molar refractivity (Wildman–Crippen MR) is 81.7 cm³/mol. The van der Waals surface area contributed by atoms with E-state index in [1.54, 1.807) is 32.9 Å². The second kappa shape index (κ2) is 5.93. The van der Waals surface area contributed by atoms with Gasteiger partial charge in [0.15, 0.2) is 0 Å². The molecular formula is C15H19ClN2O3. The fourth-order valence-electron chi connectivity index (χ4n) is 2.14. The van der Waals surface area contributed by atoms with E-state index in [1.165, 1.54) is 0 Å². The van der Waals surface area contributed by atoms with E-state index < -0.39 is 11.7 Å². The maximum Gasteiger partial charge on any atom is 0.412 e. The van der Waals surface area contributed by atoms with Crippen molar-refractivity contribution in [2.75, 3.05) is 11.9 Å². The van der Waals surface area contributed by atoms with Crippen molar-refractivity contribution in [3.8, 4) is 0 Å². The van der Waals surface area contributed by atoms with E-state index in [2.05, 4.69) is 10.6 Å². The number of carbonyl (C=O) groups excluding carboxylic acids is 2. The molecule has 1 atom stereocenters. The number of hydrogen-bond acceptors (Lipinski definition) is 3. The topological polar surface area (TPSA) is 67.4 Å². The molecule has 2 N–H and O–H groups in total. The molecular weight excluding hydrogens is 292 g/mol. The van der Waals surface area contributed by atoms with E-state index in [1.807, 2.05) is 6.07 Å². The molecule has 1 heterocycles. The molecule has 2 rings (SSSR count). The lowest BCUT2D eigenvalue weighted by Crippen LogP contribution is -2.27. The van der Waals surface area contributed by atoms with Gasteiger partial charge in [-0.05, 0) is 38.5 Å². The molecule has 0 spiro atoms. The number of benzene rings is 1. The standard InChI is InChI=1S/C15H19ClN2O3/c1-15(2,3)21-14(20)18-12-5-4-9(6-11(12)16)10-7-13(19)17-8-10/h4-6,10H,7-8H2,1-3H3,(H,17,19)(H,18,20). The molecule has 0 aromatic heterocycles. The molecule has 2 amide bonds. The molecule has 0 radical (unpaired) electrons. The fraction of sp³-hybridized carbons (Fsp3) is 0.467. The van der Waals surface area contributed by atoms with Gasteiger partial charge in [-0.25, -0.2) is 4.79 Å². The van der Waals surface area contributed by atoms with E-state index in [-0.39, 0.29) is 11.8 Å². The number of halogens is 1. The van der Waals surface area contributed by atoms with Crippen molar-refractivity contribution in [2.24, 2.45) is 0 Å². The van der Waals surface area contributed by atoms with Crippen molar-refractivity contribution >= 4 is 29.3 Å². The third-order valence-corrected chi connectivity index (χ3v) is 3.39. The van der Waals surface area contributed by atoms with Crippen LogP contribution in [0.15, 0.2) is 18.2 Å². The van der Waals surface area contributed by atoms with Gasteiger partial charge in [-0.2, -0.15) is 0 Å². The lowest BCUT2D eigenvalue weighted by molar-refractivity contribution is -0.119. The highest BCUT2D eigenvalue weighted by atomic mass is 35.5. The first-order chi connectivity index (χ1) is 9.74. The first kappa shape index (κ1) is 15.6. The lowest BCUT2D eigenvalue weighted by atomic mass is 9.98. The molecule has 1 aliphatic heterocycles. The maximum atomic E-state index is 11.7. The minimum absolute atomic E-state index is 0.0482.